The maximum absolute atomic E-state index is 12.8. The summed E-state index contributed by atoms with van der Waals surface area (Å²) in [5.41, 5.74) is 1.28. The van der Waals surface area contributed by atoms with Gasteiger partial charge < -0.3 is 4.90 Å². The Balaban J connectivity index is 1.59. The molecule has 0 saturated carbocycles. The van der Waals surface area contributed by atoms with Gasteiger partial charge in [-0.05, 0) is 11.6 Å². The maximum atomic E-state index is 12.8. The number of pyridine rings is 1. The van der Waals surface area contributed by atoms with Crippen LogP contribution in [0.15, 0.2) is 43.1 Å². The minimum atomic E-state index is -3.19. The van der Waals surface area contributed by atoms with E-state index in [1.807, 2.05) is 12.1 Å². The smallest absolute Gasteiger partial charge is 0.274 e. The third-order valence-corrected chi connectivity index (χ3v) is 6.64. The molecule has 2 saturated heterocycles. The van der Waals surface area contributed by atoms with E-state index in [-0.39, 0.29) is 35.2 Å². The van der Waals surface area contributed by atoms with Gasteiger partial charge in [-0.15, -0.1) is 0 Å². The van der Waals surface area contributed by atoms with Gasteiger partial charge >= 0.3 is 0 Å². The van der Waals surface area contributed by atoms with E-state index in [1.54, 1.807) is 17.3 Å². The molecule has 136 valence electrons. The van der Waals surface area contributed by atoms with Crippen LogP contribution in [0.2, 0.25) is 0 Å². The Morgan fingerprint density at radius 2 is 1.88 bits per heavy atom. The second-order valence-electron chi connectivity index (χ2n) is 6.63. The van der Waals surface area contributed by atoms with E-state index in [0.717, 1.165) is 5.56 Å². The highest BCUT2D eigenvalue weighted by atomic mass is 32.2. The number of carbonyl (C=O) groups excluding carboxylic acids is 1. The highest BCUT2D eigenvalue weighted by Crippen LogP contribution is 2.29. The molecule has 2 aliphatic heterocycles. The third kappa shape index (κ3) is 3.32. The Labute approximate surface area is 151 Å². The number of amides is 1. The molecule has 0 bridgehead atoms. The van der Waals surface area contributed by atoms with E-state index in [4.69, 9.17) is 0 Å². The number of hydrogen-bond acceptors (Lipinski definition) is 7. The second kappa shape index (κ2) is 6.73. The van der Waals surface area contributed by atoms with Crippen molar-refractivity contribution < 1.29 is 13.2 Å². The number of piperazine rings is 1. The SMILES string of the molecule is O=C(c1cnccn1)N1CCN(Cc2cccnc2)[C@@H]2CS(=O)(=O)C[C@@H]21. The summed E-state index contributed by atoms with van der Waals surface area (Å²) in [6, 6.07) is 3.27. The first-order valence-corrected chi connectivity index (χ1v) is 10.3. The molecule has 9 heteroatoms. The lowest BCUT2D eigenvalue weighted by atomic mass is 10.0. The van der Waals surface area contributed by atoms with Crippen molar-refractivity contribution in [1.82, 2.24) is 24.8 Å². The monoisotopic (exact) mass is 373 g/mol. The van der Waals surface area contributed by atoms with Crippen LogP contribution < -0.4 is 0 Å². The summed E-state index contributed by atoms with van der Waals surface area (Å²) in [5.74, 6) is -0.193. The van der Waals surface area contributed by atoms with Crippen molar-refractivity contribution in [2.45, 2.75) is 18.6 Å². The largest absolute Gasteiger partial charge is 0.330 e. The molecule has 0 unspecified atom stereocenters. The highest BCUT2D eigenvalue weighted by molar-refractivity contribution is 7.91. The highest BCUT2D eigenvalue weighted by Gasteiger charge is 2.48. The fourth-order valence-corrected chi connectivity index (χ4v) is 5.77. The summed E-state index contributed by atoms with van der Waals surface area (Å²) in [7, 11) is -3.19. The topological polar surface area (TPSA) is 96.4 Å². The Hall–Kier alpha value is -2.39. The van der Waals surface area contributed by atoms with Crippen LogP contribution in [0.1, 0.15) is 16.1 Å². The number of sulfone groups is 1. The van der Waals surface area contributed by atoms with E-state index in [2.05, 4.69) is 19.9 Å². The van der Waals surface area contributed by atoms with Gasteiger partial charge in [0.25, 0.3) is 5.91 Å². The molecule has 26 heavy (non-hydrogen) atoms. The molecule has 0 spiro atoms. The van der Waals surface area contributed by atoms with Gasteiger partial charge in [-0.1, -0.05) is 6.07 Å². The van der Waals surface area contributed by atoms with Crippen LogP contribution in [0, 0.1) is 0 Å². The molecule has 2 atom stereocenters. The Morgan fingerprint density at radius 3 is 2.62 bits per heavy atom. The van der Waals surface area contributed by atoms with Crippen LogP contribution >= 0.6 is 0 Å². The minimum absolute atomic E-state index is 0.00674. The summed E-state index contributed by atoms with van der Waals surface area (Å²) >= 11 is 0. The summed E-state index contributed by atoms with van der Waals surface area (Å²) in [6.45, 7) is 1.70. The lowest BCUT2D eigenvalue weighted by Gasteiger charge is -2.43. The van der Waals surface area contributed by atoms with Gasteiger partial charge in [0.1, 0.15) is 5.69 Å². The average molecular weight is 373 g/mol. The van der Waals surface area contributed by atoms with E-state index in [9.17, 15) is 13.2 Å². The van der Waals surface area contributed by atoms with Gasteiger partial charge in [0, 0.05) is 50.5 Å². The van der Waals surface area contributed by atoms with Crippen LogP contribution in [0.3, 0.4) is 0 Å². The zero-order valence-electron chi connectivity index (χ0n) is 14.1. The van der Waals surface area contributed by atoms with Crippen molar-refractivity contribution in [1.29, 1.82) is 0 Å². The molecule has 1 amide bonds. The fourth-order valence-electron chi connectivity index (χ4n) is 3.76. The van der Waals surface area contributed by atoms with E-state index >= 15 is 0 Å². The predicted molar refractivity (Wildman–Crippen MR) is 93.9 cm³/mol. The third-order valence-electron chi connectivity index (χ3n) is 4.94. The van der Waals surface area contributed by atoms with Crippen molar-refractivity contribution >= 4 is 15.7 Å². The van der Waals surface area contributed by atoms with Crippen molar-refractivity contribution in [3.8, 4) is 0 Å². The molecule has 2 fully saturated rings. The first kappa shape index (κ1) is 17.0. The summed E-state index contributed by atoms with van der Waals surface area (Å²) in [5, 5.41) is 0. The van der Waals surface area contributed by atoms with Crippen molar-refractivity contribution in [2.75, 3.05) is 24.6 Å². The Kier molecular flexibility index (Phi) is 4.41. The molecule has 4 rings (SSSR count). The first-order chi connectivity index (χ1) is 12.5. The number of fused-ring (bicyclic) bond motifs is 1. The van der Waals surface area contributed by atoms with Crippen molar-refractivity contribution in [2.24, 2.45) is 0 Å². The van der Waals surface area contributed by atoms with E-state index in [1.165, 1.54) is 18.6 Å². The molecule has 2 aromatic rings. The van der Waals surface area contributed by atoms with Crippen LogP contribution in [0.5, 0.6) is 0 Å². The molecule has 4 heterocycles. The molecular formula is C17H19N5O3S. The average Bonchev–Trinajstić information content (AvgIpc) is 2.98. The van der Waals surface area contributed by atoms with Gasteiger partial charge in [-0.3, -0.25) is 19.7 Å². The number of rotatable bonds is 3. The summed E-state index contributed by atoms with van der Waals surface area (Å²) < 4.78 is 24.6. The van der Waals surface area contributed by atoms with Gasteiger partial charge in [-0.2, -0.15) is 0 Å². The van der Waals surface area contributed by atoms with E-state index < -0.39 is 9.84 Å². The predicted octanol–water partition coefficient (Wildman–Crippen LogP) is -0.00480. The molecule has 2 aromatic heterocycles. The first-order valence-electron chi connectivity index (χ1n) is 8.44. The number of nitrogens with zero attached hydrogens (tertiary/aromatic N) is 5. The lowest BCUT2D eigenvalue weighted by Crippen LogP contribution is -2.60. The van der Waals surface area contributed by atoms with Gasteiger partial charge in [0.15, 0.2) is 9.84 Å². The van der Waals surface area contributed by atoms with Crippen molar-refractivity contribution in [3.63, 3.8) is 0 Å². The zero-order valence-corrected chi connectivity index (χ0v) is 14.9. The number of hydrogen-bond donors (Lipinski definition) is 0. The van der Waals surface area contributed by atoms with Crippen LogP contribution in [0.25, 0.3) is 0 Å². The molecule has 0 N–H and O–H groups in total. The summed E-state index contributed by atoms with van der Waals surface area (Å²) in [4.78, 5) is 28.7. The van der Waals surface area contributed by atoms with E-state index in [0.29, 0.717) is 19.6 Å². The zero-order chi connectivity index (χ0) is 18.1. The molecular weight excluding hydrogens is 354 g/mol. The maximum Gasteiger partial charge on any atom is 0.274 e. The molecule has 8 nitrogen and oxygen atoms in total. The number of carbonyl (C=O) groups is 1. The molecule has 0 aliphatic carbocycles. The molecule has 2 aliphatic rings. The van der Waals surface area contributed by atoms with Gasteiger partial charge in [-0.25, -0.2) is 13.4 Å². The van der Waals surface area contributed by atoms with Crippen LogP contribution in [0.4, 0.5) is 0 Å². The van der Waals surface area contributed by atoms with Crippen LogP contribution in [-0.2, 0) is 16.4 Å². The molecule has 0 aromatic carbocycles. The quantitative estimate of drug-likeness (QED) is 0.747. The summed E-state index contributed by atoms with van der Waals surface area (Å²) in [6.07, 6.45) is 7.89. The van der Waals surface area contributed by atoms with Crippen LogP contribution in [-0.4, -0.2) is 75.8 Å². The Bertz CT molecular complexity index is 891. The minimum Gasteiger partial charge on any atom is -0.330 e. The Morgan fingerprint density at radius 1 is 1.08 bits per heavy atom. The van der Waals surface area contributed by atoms with Gasteiger partial charge in [0.2, 0.25) is 0 Å². The molecule has 0 radical (unpaired) electrons. The fraction of sp³-hybridized carbons (Fsp3) is 0.412. The van der Waals surface area contributed by atoms with Crippen molar-refractivity contribution in [3.05, 3.63) is 54.4 Å². The standard InChI is InChI=1S/C17H19N5O3S/c23-17(14-9-19-4-5-20-14)22-7-6-21(10-13-2-1-3-18-8-13)15-11-26(24,25)12-16(15)22/h1-5,8-9,15-16H,6-7,10-12H2/t15-,16+/m1/s1. The normalized spacial score (nSPS) is 25.0. The number of aromatic nitrogens is 3. The van der Waals surface area contributed by atoms with Gasteiger partial charge in [0.05, 0.1) is 23.7 Å². The second-order valence-corrected chi connectivity index (χ2v) is 8.79. The lowest BCUT2D eigenvalue weighted by molar-refractivity contribution is 0.0301.